The van der Waals surface area contributed by atoms with Crippen molar-refractivity contribution in [3.63, 3.8) is 0 Å². The van der Waals surface area contributed by atoms with Crippen molar-refractivity contribution in [1.82, 2.24) is 14.5 Å². The molecule has 2 aromatic rings. The molecule has 1 saturated heterocycles. The van der Waals surface area contributed by atoms with Crippen LogP contribution in [0.4, 0.5) is 5.82 Å². The van der Waals surface area contributed by atoms with Crippen molar-refractivity contribution >= 4 is 27.4 Å². The zero-order valence-corrected chi connectivity index (χ0v) is 16.2. The van der Waals surface area contributed by atoms with Crippen molar-refractivity contribution in [2.75, 3.05) is 32.1 Å². The molecule has 9 heteroatoms. The molecule has 1 aromatic carbocycles. The summed E-state index contributed by atoms with van der Waals surface area (Å²) in [7, 11) is 0.190. The lowest BCUT2D eigenvalue weighted by atomic mass is 10.1. The summed E-state index contributed by atoms with van der Waals surface area (Å²) < 4.78 is 32.9. The first kappa shape index (κ1) is 18.9. The number of rotatable bonds is 5. The van der Waals surface area contributed by atoms with Gasteiger partial charge in [0.2, 0.25) is 15.9 Å². The first-order valence-corrected chi connectivity index (χ1v) is 10.1. The van der Waals surface area contributed by atoms with Gasteiger partial charge in [-0.05, 0) is 43.2 Å². The van der Waals surface area contributed by atoms with Crippen LogP contribution in [-0.4, -0.2) is 56.2 Å². The van der Waals surface area contributed by atoms with Crippen LogP contribution in [0.1, 0.15) is 12.8 Å². The molecule has 0 saturated carbocycles. The molecule has 0 amide bonds. The summed E-state index contributed by atoms with van der Waals surface area (Å²) in [4.78, 5) is 2.08. The minimum Gasteiger partial charge on any atom is -0.472 e. The molecule has 1 aliphatic heterocycles. The van der Waals surface area contributed by atoms with E-state index in [0.717, 1.165) is 18.7 Å². The number of nitrogens with zero attached hydrogens (tertiary/aromatic N) is 4. The van der Waals surface area contributed by atoms with E-state index in [0.29, 0.717) is 17.4 Å². The summed E-state index contributed by atoms with van der Waals surface area (Å²) in [5.41, 5.74) is 0. The van der Waals surface area contributed by atoms with E-state index in [1.165, 1.54) is 16.4 Å². The Morgan fingerprint density at radius 2 is 1.88 bits per heavy atom. The van der Waals surface area contributed by atoms with E-state index < -0.39 is 10.0 Å². The van der Waals surface area contributed by atoms with Crippen molar-refractivity contribution < 1.29 is 13.2 Å². The lowest BCUT2D eigenvalue weighted by molar-refractivity contribution is 0.123. The number of ether oxygens (including phenoxy) is 1. The maximum atomic E-state index is 12.8. The van der Waals surface area contributed by atoms with Gasteiger partial charge in [-0.1, -0.05) is 11.6 Å². The Morgan fingerprint density at radius 1 is 1.15 bits per heavy atom. The number of benzene rings is 1. The fourth-order valence-electron chi connectivity index (χ4n) is 2.76. The van der Waals surface area contributed by atoms with E-state index in [9.17, 15) is 8.42 Å². The van der Waals surface area contributed by atoms with Gasteiger partial charge >= 0.3 is 0 Å². The minimum absolute atomic E-state index is 0.234. The van der Waals surface area contributed by atoms with Gasteiger partial charge in [0.1, 0.15) is 6.10 Å². The zero-order valence-electron chi connectivity index (χ0n) is 14.7. The molecule has 26 heavy (non-hydrogen) atoms. The van der Waals surface area contributed by atoms with Gasteiger partial charge < -0.3 is 9.64 Å². The number of hydrogen-bond donors (Lipinski definition) is 0. The first-order valence-electron chi connectivity index (χ1n) is 8.30. The Labute approximate surface area is 158 Å². The van der Waals surface area contributed by atoms with Crippen LogP contribution in [0, 0.1) is 0 Å². The maximum absolute atomic E-state index is 12.8. The molecule has 0 aliphatic carbocycles. The standard InChI is InChI=1S/C17H21ClN4O3S/c1-21(2)16-9-10-17(20-19-16)25-14-4-3-11-22(12-14)26(23,24)15-7-5-13(18)6-8-15/h5-10,14H,3-4,11-12H2,1-2H3. The summed E-state index contributed by atoms with van der Waals surface area (Å²) in [6, 6.07) is 9.76. The fourth-order valence-corrected chi connectivity index (χ4v) is 4.40. The average Bonchev–Trinajstić information content (AvgIpc) is 2.63. The van der Waals surface area contributed by atoms with Crippen LogP contribution in [0.2, 0.25) is 5.02 Å². The normalized spacial score (nSPS) is 18.5. The zero-order chi connectivity index (χ0) is 18.7. The highest BCUT2D eigenvalue weighted by Crippen LogP contribution is 2.24. The molecule has 0 spiro atoms. The van der Waals surface area contributed by atoms with Crippen molar-refractivity contribution in [2.24, 2.45) is 0 Å². The molecule has 1 unspecified atom stereocenters. The molecule has 0 radical (unpaired) electrons. The second kappa shape index (κ2) is 7.77. The number of piperidine rings is 1. The molecule has 1 atom stereocenters. The lowest BCUT2D eigenvalue weighted by Crippen LogP contribution is -2.44. The summed E-state index contributed by atoms with van der Waals surface area (Å²) in [6.45, 7) is 0.748. The third-order valence-electron chi connectivity index (χ3n) is 4.16. The van der Waals surface area contributed by atoms with E-state index in [4.69, 9.17) is 16.3 Å². The summed E-state index contributed by atoms with van der Waals surface area (Å²) in [5, 5.41) is 8.63. The van der Waals surface area contributed by atoms with E-state index >= 15 is 0 Å². The second-order valence-corrected chi connectivity index (χ2v) is 8.70. The fraction of sp³-hybridized carbons (Fsp3) is 0.412. The molecule has 0 bridgehead atoms. The van der Waals surface area contributed by atoms with Crippen molar-refractivity contribution in [3.8, 4) is 5.88 Å². The monoisotopic (exact) mass is 396 g/mol. The van der Waals surface area contributed by atoms with Gasteiger partial charge in [0.15, 0.2) is 5.82 Å². The smallest absolute Gasteiger partial charge is 0.243 e. The van der Waals surface area contributed by atoms with E-state index in [2.05, 4.69) is 10.2 Å². The Kier molecular flexibility index (Phi) is 5.64. The van der Waals surface area contributed by atoms with Crippen LogP contribution in [0.25, 0.3) is 0 Å². The Morgan fingerprint density at radius 3 is 2.50 bits per heavy atom. The average molecular weight is 397 g/mol. The molecule has 1 aliphatic rings. The second-order valence-electron chi connectivity index (χ2n) is 6.32. The highest BCUT2D eigenvalue weighted by molar-refractivity contribution is 7.89. The lowest BCUT2D eigenvalue weighted by Gasteiger charge is -2.31. The number of sulfonamides is 1. The van der Waals surface area contributed by atoms with Crippen molar-refractivity contribution in [3.05, 3.63) is 41.4 Å². The molecule has 1 fully saturated rings. The van der Waals surface area contributed by atoms with E-state index in [-0.39, 0.29) is 17.5 Å². The summed E-state index contributed by atoms with van der Waals surface area (Å²) in [5.74, 6) is 1.12. The number of aromatic nitrogens is 2. The van der Waals surface area contributed by atoms with E-state index in [1.54, 1.807) is 18.2 Å². The molecule has 1 aromatic heterocycles. The van der Waals surface area contributed by atoms with Gasteiger partial charge in [-0.2, -0.15) is 4.31 Å². The van der Waals surface area contributed by atoms with Crippen molar-refractivity contribution in [2.45, 2.75) is 23.8 Å². The molecule has 7 nitrogen and oxygen atoms in total. The SMILES string of the molecule is CN(C)c1ccc(OC2CCCN(S(=O)(=O)c3ccc(Cl)cc3)C2)nn1. The number of anilines is 1. The van der Waals surface area contributed by atoms with Gasteiger partial charge in [0, 0.05) is 31.7 Å². The molecular weight excluding hydrogens is 376 g/mol. The largest absolute Gasteiger partial charge is 0.472 e. The van der Waals surface area contributed by atoms with Gasteiger partial charge in [-0.3, -0.25) is 0 Å². The topological polar surface area (TPSA) is 75.6 Å². The highest BCUT2D eigenvalue weighted by Gasteiger charge is 2.31. The quantitative estimate of drug-likeness (QED) is 0.772. The number of halogens is 1. The first-order chi connectivity index (χ1) is 12.4. The van der Waals surface area contributed by atoms with Crippen LogP contribution >= 0.6 is 11.6 Å². The minimum atomic E-state index is -3.57. The van der Waals surface area contributed by atoms with E-state index in [1.807, 2.05) is 25.1 Å². The Hall–Kier alpha value is -1.90. The van der Waals surface area contributed by atoms with Gasteiger partial charge in [-0.15, -0.1) is 10.2 Å². The highest BCUT2D eigenvalue weighted by atomic mass is 35.5. The van der Waals surface area contributed by atoms with Gasteiger partial charge in [0.05, 0.1) is 11.4 Å². The third kappa shape index (κ3) is 4.25. The van der Waals surface area contributed by atoms with Crippen LogP contribution in [-0.2, 0) is 10.0 Å². The Bertz CT molecular complexity index is 841. The van der Waals surface area contributed by atoms with Gasteiger partial charge in [-0.25, -0.2) is 8.42 Å². The third-order valence-corrected chi connectivity index (χ3v) is 6.30. The summed E-state index contributed by atoms with van der Waals surface area (Å²) in [6.07, 6.45) is 1.23. The van der Waals surface area contributed by atoms with Crippen LogP contribution in [0.15, 0.2) is 41.3 Å². The molecule has 3 rings (SSSR count). The Balaban J connectivity index is 1.69. The predicted octanol–water partition coefficient (Wildman–Crippen LogP) is 2.43. The molecule has 140 valence electrons. The van der Waals surface area contributed by atoms with Gasteiger partial charge in [0.25, 0.3) is 0 Å². The maximum Gasteiger partial charge on any atom is 0.243 e. The van der Waals surface area contributed by atoms with Crippen LogP contribution in [0.3, 0.4) is 0 Å². The predicted molar refractivity (Wildman–Crippen MR) is 100 cm³/mol. The van der Waals surface area contributed by atoms with Crippen molar-refractivity contribution in [1.29, 1.82) is 0 Å². The van der Waals surface area contributed by atoms with Crippen LogP contribution < -0.4 is 9.64 Å². The van der Waals surface area contributed by atoms with Crippen LogP contribution in [0.5, 0.6) is 5.88 Å². The summed E-state index contributed by atoms with van der Waals surface area (Å²) >= 11 is 5.85. The number of hydrogen-bond acceptors (Lipinski definition) is 6. The molecule has 2 heterocycles. The molecule has 0 N–H and O–H groups in total. The molecular formula is C17H21ClN4O3S.